The van der Waals surface area contributed by atoms with Crippen LogP contribution in [0.3, 0.4) is 0 Å². The fraction of sp³-hybridized carbons (Fsp3) is 0.400. The maximum absolute atomic E-state index is 11.7. The third kappa shape index (κ3) is 4.24. The molecule has 0 aliphatic carbocycles. The summed E-state index contributed by atoms with van der Waals surface area (Å²) >= 11 is 0. The molecule has 0 saturated carbocycles. The van der Waals surface area contributed by atoms with Gasteiger partial charge in [-0.2, -0.15) is 0 Å². The van der Waals surface area contributed by atoms with Gasteiger partial charge in [0.05, 0.1) is 0 Å². The molecule has 2 N–H and O–H groups in total. The van der Waals surface area contributed by atoms with Crippen molar-refractivity contribution in [2.24, 2.45) is 5.92 Å². The molecular weight excluding hydrogens is 224 g/mol. The van der Waals surface area contributed by atoms with Gasteiger partial charge < -0.3 is 10.6 Å². The van der Waals surface area contributed by atoms with E-state index in [0.717, 1.165) is 23.2 Å². The topological polar surface area (TPSA) is 41.1 Å². The highest BCUT2D eigenvalue weighted by Gasteiger charge is 2.06. The van der Waals surface area contributed by atoms with Crippen molar-refractivity contribution in [3.63, 3.8) is 0 Å². The molecule has 0 bridgehead atoms. The predicted molar refractivity (Wildman–Crippen MR) is 76.7 cm³/mol. The lowest BCUT2D eigenvalue weighted by molar-refractivity contribution is 0.255. The van der Waals surface area contributed by atoms with Gasteiger partial charge in [-0.15, -0.1) is 0 Å². The molecular formula is C15H22N2O. The van der Waals surface area contributed by atoms with E-state index in [1.807, 2.05) is 31.2 Å². The molecule has 0 heterocycles. The Hall–Kier alpha value is -1.77. The van der Waals surface area contributed by atoms with Crippen molar-refractivity contribution in [2.45, 2.75) is 34.1 Å². The molecule has 3 nitrogen and oxygen atoms in total. The number of amides is 2. The fourth-order valence-electron chi connectivity index (χ4n) is 1.67. The molecule has 18 heavy (non-hydrogen) atoms. The normalized spacial score (nSPS) is 10.9. The first-order valence-corrected chi connectivity index (χ1v) is 6.37. The average Bonchev–Trinajstić information content (AvgIpc) is 2.31. The van der Waals surface area contributed by atoms with Crippen LogP contribution in [0.5, 0.6) is 0 Å². The number of rotatable bonds is 4. The van der Waals surface area contributed by atoms with E-state index in [2.05, 4.69) is 31.4 Å². The molecule has 0 atom stereocenters. The van der Waals surface area contributed by atoms with E-state index >= 15 is 0 Å². The van der Waals surface area contributed by atoms with Crippen LogP contribution in [0.25, 0.3) is 0 Å². The lowest BCUT2D eigenvalue weighted by atomic mass is 10.1. The fourth-order valence-corrected chi connectivity index (χ4v) is 1.67. The molecule has 2 amide bonds. The van der Waals surface area contributed by atoms with E-state index in [1.165, 1.54) is 0 Å². The Morgan fingerprint density at radius 2 is 2.11 bits per heavy atom. The highest BCUT2D eigenvalue weighted by molar-refractivity contribution is 5.91. The van der Waals surface area contributed by atoms with Crippen LogP contribution < -0.4 is 10.6 Å². The maximum Gasteiger partial charge on any atom is 0.323 e. The molecule has 0 saturated heterocycles. The molecule has 0 spiro atoms. The van der Waals surface area contributed by atoms with Crippen LogP contribution in [0.4, 0.5) is 10.5 Å². The number of benzene rings is 1. The monoisotopic (exact) mass is 246 g/mol. The Bertz CT molecular complexity index is 436. The smallest absolute Gasteiger partial charge is 0.315 e. The van der Waals surface area contributed by atoms with E-state index in [4.69, 9.17) is 0 Å². The number of carbonyl (C=O) groups is 1. The molecule has 0 radical (unpaired) electrons. The molecule has 0 fully saturated rings. The number of para-hydroxylation sites is 1. The summed E-state index contributed by atoms with van der Waals surface area (Å²) in [5, 5.41) is 5.61. The number of anilines is 1. The van der Waals surface area contributed by atoms with Crippen molar-refractivity contribution in [3.05, 3.63) is 41.6 Å². The molecule has 3 heteroatoms. The molecule has 98 valence electrons. The Balaban J connectivity index is 2.70. The van der Waals surface area contributed by atoms with Crippen molar-refractivity contribution in [1.29, 1.82) is 0 Å². The largest absolute Gasteiger partial charge is 0.323 e. The first-order valence-electron chi connectivity index (χ1n) is 6.37. The summed E-state index contributed by atoms with van der Waals surface area (Å²) in [5.74, 6) is 0.426. The third-order valence-corrected chi connectivity index (χ3v) is 2.67. The lowest BCUT2D eigenvalue weighted by Crippen LogP contribution is -2.25. The maximum atomic E-state index is 11.7. The zero-order valence-corrected chi connectivity index (χ0v) is 11.6. The molecule has 0 aliphatic heterocycles. The lowest BCUT2D eigenvalue weighted by Gasteiger charge is -2.12. The zero-order chi connectivity index (χ0) is 13.5. The van der Waals surface area contributed by atoms with Crippen LogP contribution in [0.1, 0.15) is 31.9 Å². The number of aryl methyl sites for hydroxylation is 2. The molecule has 0 aliphatic rings. The Morgan fingerprint density at radius 3 is 2.72 bits per heavy atom. The Labute approximate surface area is 109 Å². The van der Waals surface area contributed by atoms with Crippen molar-refractivity contribution in [2.75, 3.05) is 5.32 Å². The van der Waals surface area contributed by atoms with E-state index in [1.54, 1.807) is 6.20 Å². The van der Waals surface area contributed by atoms with Crippen LogP contribution in [0, 0.1) is 12.8 Å². The van der Waals surface area contributed by atoms with Crippen molar-refractivity contribution in [3.8, 4) is 0 Å². The van der Waals surface area contributed by atoms with Gasteiger partial charge in [-0.3, -0.25) is 0 Å². The van der Waals surface area contributed by atoms with E-state index in [0.29, 0.717) is 5.92 Å². The van der Waals surface area contributed by atoms with Gasteiger partial charge in [0.25, 0.3) is 0 Å². The first kappa shape index (κ1) is 14.3. The summed E-state index contributed by atoms with van der Waals surface area (Å²) in [5.41, 5.74) is 3.14. The number of hydrogen-bond donors (Lipinski definition) is 2. The number of hydrogen-bond acceptors (Lipinski definition) is 1. The van der Waals surface area contributed by atoms with Gasteiger partial charge in [-0.25, -0.2) is 4.79 Å². The van der Waals surface area contributed by atoms with Gasteiger partial charge in [-0.05, 0) is 30.4 Å². The summed E-state index contributed by atoms with van der Waals surface area (Å²) < 4.78 is 0. The summed E-state index contributed by atoms with van der Waals surface area (Å²) in [6.07, 6.45) is 4.53. The standard InChI is InChI=1S/C15H22N2O/c1-5-13-8-6-7-12(4)14(13)17-15(18)16-10-9-11(2)3/h6-11H,5H2,1-4H3,(H2,16,17,18)/b10-9+. The molecule has 0 aromatic heterocycles. The second kappa shape index (κ2) is 6.84. The number of allylic oxidation sites excluding steroid dienone is 1. The van der Waals surface area contributed by atoms with Crippen molar-refractivity contribution >= 4 is 11.7 Å². The summed E-state index contributed by atoms with van der Waals surface area (Å²) in [7, 11) is 0. The number of urea groups is 1. The second-order valence-corrected chi connectivity index (χ2v) is 4.66. The third-order valence-electron chi connectivity index (χ3n) is 2.67. The summed E-state index contributed by atoms with van der Waals surface area (Å²) in [4.78, 5) is 11.7. The van der Waals surface area contributed by atoms with Crippen LogP contribution in [0.2, 0.25) is 0 Å². The molecule has 1 rings (SSSR count). The van der Waals surface area contributed by atoms with Crippen molar-refractivity contribution < 1.29 is 4.79 Å². The minimum absolute atomic E-state index is 0.198. The quantitative estimate of drug-likeness (QED) is 0.832. The van der Waals surface area contributed by atoms with Crippen LogP contribution >= 0.6 is 0 Å². The summed E-state index contributed by atoms with van der Waals surface area (Å²) in [6.45, 7) is 8.20. The first-order chi connectivity index (χ1) is 8.54. The van der Waals surface area contributed by atoms with Crippen LogP contribution in [0.15, 0.2) is 30.5 Å². The number of carbonyl (C=O) groups excluding carboxylic acids is 1. The van der Waals surface area contributed by atoms with Gasteiger partial charge in [-0.1, -0.05) is 45.0 Å². The van der Waals surface area contributed by atoms with Crippen LogP contribution in [-0.2, 0) is 6.42 Å². The second-order valence-electron chi connectivity index (χ2n) is 4.66. The highest BCUT2D eigenvalue weighted by Crippen LogP contribution is 2.20. The van der Waals surface area contributed by atoms with E-state index < -0.39 is 0 Å². The summed E-state index contributed by atoms with van der Waals surface area (Å²) in [6, 6.07) is 5.84. The van der Waals surface area contributed by atoms with Gasteiger partial charge in [0.1, 0.15) is 0 Å². The predicted octanol–water partition coefficient (Wildman–Crippen LogP) is 3.85. The number of nitrogens with one attached hydrogen (secondary N) is 2. The Morgan fingerprint density at radius 1 is 1.39 bits per heavy atom. The Kier molecular flexibility index (Phi) is 5.43. The zero-order valence-electron chi connectivity index (χ0n) is 11.6. The molecule has 0 unspecified atom stereocenters. The molecule has 1 aromatic rings. The van der Waals surface area contributed by atoms with Gasteiger partial charge in [0.15, 0.2) is 0 Å². The molecule has 1 aromatic carbocycles. The highest BCUT2D eigenvalue weighted by atomic mass is 16.2. The van der Waals surface area contributed by atoms with Gasteiger partial charge >= 0.3 is 6.03 Å². The minimum Gasteiger partial charge on any atom is -0.315 e. The van der Waals surface area contributed by atoms with Crippen molar-refractivity contribution in [1.82, 2.24) is 5.32 Å². The average molecular weight is 246 g/mol. The SMILES string of the molecule is CCc1cccc(C)c1NC(=O)N/C=C/C(C)C. The van der Waals surface area contributed by atoms with Gasteiger partial charge in [0.2, 0.25) is 0 Å². The van der Waals surface area contributed by atoms with E-state index in [9.17, 15) is 4.79 Å². The van der Waals surface area contributed by atoms with Gasteiger partial charge in [0, 0.05) is 11.9 Å². The van der Waals surface area contributed by atoms with Crippen LogP contribution in [-0.4, -0.2) is 6.03 Å². The van der Waals surface area contributed by atoms with E-state index in [-0.39, 0.29) is 6.03 Å². The minimum atomic E-state index is -0.198.